The summed E-state index contributed by atoms with van der Waals surface area (Å²) < 4.78 is 3.69. The summed E-state index contributed by atoms with van der Waals surface area (Å²) in [4.78, 5) is 0. The van der Waals surface area contributed by atoms with Crippen molar-refractivity contribution in [2.24, 2.45) is 13.0 Å². The number of hydrogen-bond donors (Lipinski definition) is 0. The van der Waals surface area contributed by atoms with E-state index in [0.717, 1.165) is 5.92 Å². The van der Waals surface area contributed by atoms with Gasteiger partial charge in [0.25, 0.3) is 5.01 Å². The molecular formula is C20H22NS+. The van der Waals surface area contributed by atoms with E-state index in [2.05, 4.69) is 67.9 Å². The fourth-order valence-corrected chi connectivity index (χ4v) is 4.56. The molecule has 2 aromatic carbocycles. The number of fused-ring (bicyclic) bond motifs is 1. The lowest BCUT2D eigenvalue weighted by molar-refractivity contribution is -0.629. The maximum Gasteiger partial charge on any atom is 0.269 e. The fraction of sp³-hybridized carbons (Fsp3) is 0.350. The lowest BCUT2D eigenvalue weighted by Gasteiger charge is -2.10. The van der Waals surface area contributed by atoms with Crippen molar-refractivity contribution in [2.45, 2.75) is 32.6 Å². The van der Waals surface area contributed by atoms with Gasteiger partial charge < -0.3 is 0 Å². The molecule has 1 unspecified atom stereocenters. The predicted octanol–water partition coefficient (Wildman–Crippen LogP) is 5.21. The van der Waals surface area contributed by atoms with Crippen molar-refractivity contribution >= 4 is 21.6 Å². The predicted molar refractivity (Wildman–Crippen MR) is 94.3 cm³/mol. The van der Waals surface area contributed by atoms with E-state index in [1.54, 1.807) is 0 Å². The highest BCUT2D eigenvalue weighted by atomic mass is 32.1. The van der Waals surface area contributed by atoms with Crippen molar-refractivity contribution in [2.75, 3.05) is 0 Å². The van der Waals surface area contributed by atoms with Crippen LogP contribution in [0.25, 0.3) is 20.8 Å². The zero-order valence-corrected chi connectivity index (χ0v) is 14.3. The van der Waals surface area contributed by atoms with Crippen LogP contribution < -0.4 is 4.57 Å². The average Bonchev–Trinajstić information content (AvgIpc) is 3.32. The maximum absolute atomic E-state index is 2.37. The van der Waals surface area contributed by atoms with Crippen LogP contribution >= 0.6 is 11.3 Å². The molecule has 1 heterocycles. The Labute approximate surface area is 136 Å². The van der Waals surface area contributed by atoms with Crippen molar-refractivity contribution < 1.29 is 4.57 Å². The highest BCUT2D eigenvalue weighted by molar-refractivity contribution is 7.21. The summed E-state index contributed by atoms with van der Waals surface area (Å²) in [5.74, 6) is 1.64. The molecular weight excluding hydrogens is 286 g/mol. The number of aryl methyl sites for hydroxylation is 2. The highest BCUT2D eigenvalue weighted by Gasteiger charge is 2.29. The Bertz CT molecular complexity index is 825. The number of hydrogen-bond acceptors (Lipinski definition) is 1. The minimum Gasteiger partial charge on any atom is -0.184 e. The van der Waals surface area contributed by atoms with Crippen LogP contribution in [0.1, 0.15) is 36.8 Å². The van der Waals surface area contributed by atoms with Gasteiger partial charge in [0.05, 0.1) is 5.56 Å². The molecule has 1 aliphatic rings. The number of aromatic nitrogens is 1. The first-order chi connectivity index (χ1) is 10.6. The second kappa shape index (κ2) is 5.20. The lowest BCUT2D eigenvalue weighted by atomic mass is 9.95. The van der Waals surface area contributed by atoms with Crippen LogP contribution in [0.2, 0.25) is 0 Å². The molecule has 1 saturated carbocycles. The molecule has 0 bridgehead atoms. The lowest BCUT2D eigenvalue weighted by Crippen LogP contribution is -2.28. The highest BCUT2D eigenvalue weighted by Crippen LogP contribution is 2.42. The molecule has 3 aromatic rings. The van der Waals surface area contributed by atoms with Gasteiger partial charge in [-0.2, -0.15) is 4.57 Å². The van der Waals surface area contributed by atoms with Crippen molar-refractivity contribution in [3.05, 3.63) is 53.6 Å². The van der Waals surface area contributed by atoms with Crippen LogP contribution in [0.4, 0.5) is 0 Å². The van der Waals surface area contributed by atoms with Crippen molar-refractivity contribution in [3.63, 3.8) is 0 Å². The first-order valence-corrected chi connectivity index (χ1v) is 8.94. The molecule has 1 atom stereocenters. The summed E-state index contributed by atoms with van der Waals surface area (Å²) in [7, 11) is 2.17. The molecule has 1 nitrogen and oxygen atoms in total. The number of thiazole rings is 1. The van der Waals surface area contributed by atoms with E-state index >= 15 is 0 Å². The van der Waals surface area contributed by atoms with Crippen LogP contribution in [0.3, 0.4) is 0 Å². The van der Waals surface area contributed by atoms with Crippen LogP contribution in [0, 0.1) is 12.8 Å². The SMILES string of the molecule is Cc1ccc2c(c1)sc(-c1ccc(C(C)C3CC3)cc1)[n+]2C. The summed E-state index contributed by atoms with van der Waals surface area (Å²) in [6.45, 7) is 4.53. The van der Waals surface area contributed by atoms with E-state index in [-0.39, 0.29) is 0 Å². The molecule has 0 aliphatic heterocycles. The molecule has 0 amide bonds. The van der Waals surface area contributed by atoms with E-state index in [1.807, 2.05) is 11.3 Å². The van der Waals surface area contributed by atoms with Gasteiger partial charge in [0.2, 0.25) is 5.52 Å². The topological polar surface area (TPSA) is 3.88 Å². The van der Waals surface area contributed by atoms with Crippen molar-refractivity contribution in [1.82, 2.24) is 0 Å². The molecule has 2 heteroatoms. The maximum atomic E-state index is 2.37. The summed E-state index contributed by atoms with van der Waals surface area (Å²) in [5.41, 5.74) is 5.47. The third-order valence-electron chi connectivity index (χ3n) is 5.00. The van der Waals surface area contributed by atoms with Gasteiger partial charge >= 0.3 is 0 Å². The fourth-order valence-electron chi connectivity index (χ4n) is 3.31. The minimum atomic E-state index is 0.716. The zero-order valence-electron chi connectivity index (χ0n) is 13.5. The van der Waals surface area contributed by atoms with Crippen molar-refractivity contribution in [3.8, 4) is 10.6 Å². The summed E-state index contributed by atoms with van der Waals surface area (Å²) in [6, 6.07) is 16.0. The number of nitrogens with zero attached hydrogens (tertiary/aromatic N) is 1. The Morgan fingerprint density at radius 2 is 1.82 bits per heavy atom. The van der Waals surface area contributed by atoms with Crippen LogP contribution in [-0.4, -0.2) is 0 Å². The molecule has 0 spiro atoms. The van der Waals surface area contributed by atoms with Gasteiger partial charge in [-0.15, -0.1) is 0 Å². The molecule has 0 N–H and O–H groups in total. The Kier molecular flexibility index (Phi) is 3.30. The third kappa shape index (κ3) is 2.36. The molecule has 1 aromatic heterocycles. The first-order valence-electron chi connectivity index (χ1n) is 8.13. The average molecular weight is 308 g/mol. The number of rotatable bonds is 3. The molecule has 22 heavy (non-hydrogen) atoms. The van der Waals surface area contributed by atoms with E-state index in [9.17, 15) is 0 Å². The molecule has 0 radical (unpaired) electrons. The monoisotopic (exact) mass is 308 g/mol. The summed E-state index contributed by atoms with van der Waals surface area (Å²) in [6.07, 6.45) is 2.82. The van der Waals surface area contributed by atoms with Crippen LogP contribution in [0.15, 0.2) is 42.5 Å². The van der Waals surface area contributed by atoms with E-state index in [1.165, 1.54) is 44.8 Å². The van der Waals surface area contributed by atoms with Crippen LogP contribution in [0.5, 0.6) is 0 Å². The smallest absolute Gasteiger partial charge is 0.184 e. The van der Waals surface area contributed by atoms with Gasteiger partial charge in [-0.05, 0) is 60.9 Å². The second-order valence-electron chi connectivity index (χ2n) is 6.69. The first kappa shape index (κ1) is 14.0. The molecule has 1 aliphatic carbocycles. The zero-order chi connectivity index (χ0) is 15.3. The van der Waals surface area contributed by atoms with E-state index in [0.29, 0.717) is 5.92 Å². The van der Waals surface area contributed by atoms with Gasteiger partial charge in [-0.25, -0.2) is 0 Å². The Morgan fingerprint density at radius 3 is 2.50 bits per heavy atom. The quantitative estimate of drug-likeness (QED) is 0.584. The standard InChI is InChI=1S/C20H22NS/c1-13-4-11-18-19(12-13)22-20(21(18)3)17-9-7-16(8-10-17)14(2)15-5-6-15/h4,7-12,14-15H,5-6H2,1-3H3/q+1. The molecule has 112 valence electrons. The van der Waals surface area contributed by atoms with Gasteiger partial charge in [-0.3, -0.25) is 0 Å². The van der Waals surface area contributed by atoms with E-state index in [4.69, 9.17) is 0 Å². The molecule has 1 fully saturated rings. The second-order valence-corrected chi connectivity index (χ2v) is 7.72. The molecule has 0 saturated heterocycles. The Balaban J connectivity index is 1.73. The van der Waals surface area contributed by atoms with Gasteiger partial charge in [0, 0.05) is 6.07 Å². The van der Waals surface area contributed by atoms with Gasteiger partial charge in [0.1, 0.15) is 11.7 Å². The normalized spacial score (nSPS) is 16.1. The number of benzene rings is 2. The van der Waals surface area contributed by atoms with E-state index < -0.39 is 0 Å². The summed E-state index contributed by atoms with van der Waals surface area (Å²) in [5, 5.41) is 1.34. The third-order valence-corrected chi connectivity index (χ3v) is 6.25. The Morgan fingerprint density at radius 1 is 1.09 bits per heavy atom. The summed E-state index contributed by atoms with van der Waals surface area (Å²) >= 11 is 1.89. The Hall–Kier alpha value is -1.67. The minimum absolute atomic E-state index is 0.716. The molecule has 4 rings (SSSR count). The van der Waals surface area contributed by atoms with Crippen molar-refractivity contribution in [1.29, 1.82) is 0 Å². The van der Waals surface area contributed by atoms with Gasteiger partial charge in [-0.1, -0.05) is 36.5 Å². The largest absolute Gasteiger partial charge is 0.269 e. The van der Waals surface area contributed by atoms with Gasteiger partial charge in [0.15, 0.2) is 0 Å². The van der Waals surface area contributed by atoms with Crippen LogP contribution in [-0.2, 0) is 7.05 Å².